The van der Waals surface area contributed by atoms with Crippen LogP contribution in [0.25, 0.3) is 0 Å². The van der Waals surface area contributed by atoms with Crippen LogP contribution in [0.1, 0.15) is 17.9 Å². The zero-order valence-electron chi connectivity index (χ0n) is 7.25. The highest BCUT2D eigenvalue weighted by Crippen LogP contribution is 2.59. The monoisotopic (exact) mass is 202 g/mol. The van der Waals surface area contributed by atoms with E-state index in [2.05, 4.69) is 0 Å². The SMILES string of the molecule is O[C@]1(C(F)(F)F)C[C@H]1c1ccccc1. The van der Waals surface area contributed by atoms with E-state index in [1.807, 2.05) is 0 Å². The molecular formula is C10H9F3O. The third-order valence-electron chi connectivity index (χ3n) is 2.62. The lowest BCUT2D eigenvalue weighted by Gasteiger charge is -2.14. The summed E-state index contributed by atoms with van der Waals surface area (Å²) in [6.07, 6.45) is -4.74. The quantitative estimate of drug-likeness (QED) is 0.741. The van der Waals surface area contributed by atoms with Gasteiger partial charge in [0.2, 0.25) is 0 Å². The lowest BCUT2D eigenvalue weighted by molar-refractivity contribution is -0.220. The fourth-order valence-electron chi connectivity index (χ4n) is 1.64. The molecule has 76 valence electrons. The smallest absolute Gasteiger partial charge is 0.380 e. The van der Waals surface area contributed by atoms with Gasteiger partial charge in [0.15, 0.2) is 5.60 Å². The fourth-order valence-corrected chi connectivity index (χ4v) is 1.64. The standard InChI is InChI=1S/C10H9F3O/c11-10(12,13)9(14)6-8(9)7-4-2-1-3-5-7/h1-5,8,14H,6H2/t8-,9+/m0/s1. The van der Waals surface area contributed by atoms with Crippen molar-refractivity contribution in [2.24, 2.45) is 0 Å². The number of benzene rings is 1. The van der Waals surface area contributed by atoms with Crippen LogP contribution in [0.5, 0.6) is 0 Å². The highest BCUT2D eigenvalue weighted by Gasteiger charge is 2.70. The maximum absolute atomic E-state index is 12.3. The molecule has 0 amide bonds. The summed E-state index contributed by atoms with van der Waals surface area (Å²) in [5.41, 5.74) is -1.94. The van der Waals surface area contributed by atoms with Gasteiger partial charge in [-0.3, -0.25) is 0 Å². The molecule has 14 heavy (non-hydrogen) atoms. The van der Waals surface area contributed by atoms with Gasteiger partial charge in [0, 0.05) is 5.92 Å². The number of hydrogen-bond acceptors (Lipinski definition) is 1. The van der Waals surface area contributed by atoms with E-state index in [9.17, 15) is 18.3 Å². The summed E-state index contributed by atoms with van der Waals surface area (Å²) in [6.45, 7) is 0. The average molecular weight is 202 g/mol. The van der Waals surface area contributed by atoms with Crippen LogP contribution in [0.2, 0.25) is 0 Å². The molecule has 1 aromatic carbocycles. The Bertz CT molecular complexity index is 333. The number of alkyl halides is 3. The molecule has 0 unspecified atom stereocenters. The van der Waals surface area contributed by atoms with Gasteiger partial charge in [-0.2, -0.15) is 13.2 Å². The normalized spacial score (nSPS) is 31.6. The van der Waals surface area contributed by atoms with Crippen molar-refractivity contribution in [1.82, 2.24) is 0 Å². The second-order valence-electron chi connectivity index (χ2n) is 3.59. The van der Waals surface area contributed by atoms with Gasteiger partial charge < -0.3 is 5.11 Å². The third-order valence-corrected chi connectivity index (χ3v) is 2.62. The Hall–Kier alpha value is -1.03. The first-order valence-electron chi connectivity index (χ1n) is 4.29. The molecule has 0 spiro atoms. The highest BCUT2D eigenvalue weighted by atomic mass is 19.4. The van der Waals surface area contributed by atoms with E-state index < -0.39 is 17.7 Å². The van der Waals surface area contributed by atoms with Gasteiger partial charge in [-0.15, -0.1) is 0 Å². The van der Waals surface area contributed by atoms with Crippen molar-refractivity contribution in [3.8, 4) is 0 Å². The molecule has 0 aliphatic heterocycles. The van der Waals surface area contributed by atoms with E-state index in [-0.39, 0.29) is 6.42 Å². The van der Waals surface area contributed by atoms with Crippen molar-refractivity contribution in [2.75, 3.05) is 0 Å². The maximum Gasteiger partial charge on any atom is 0.417 e. The predicted octanol–water partition coefficient (Wildman–Crippen LogP) is 2.47. The van der Waals surface area contributed by atoms with E-state index in [4.69, 9.17) is 0 Å². The second kappa shape index (κ2) is 2.73. The average Bonchev–Trinajstić information content (AvgIpc) is 2.80. The largest absolute Gasteiger partial charge is 0.417 e. The Balaban J connectivity index is 2.21. The number of rotatable bonds is 1. The summed E-state index contributed by atoms with van der Waals surface area (Å²) >= 11 is 0. The molecule has 1 fully saturated rings. The van der Waals surface area contributed by atoms with E-state index in [1.54, 1.807) is 30.3 Å². The van der Waals surface area contributed by atoms with E-state index in [0.29, 0.717) is 5.56 Å². The topological polar surface area (TPSA) is 20.2 Å². The number of hydrogen-bond donors (Lipinski definition) is 1. The first-order valence-corrected chi connectivity index (χ1v) is 4.29. The minimum Gasteiger partial charge on any atom is -0.380 e. The number of aliphatic hydroxyl groups is 1. The molecule has 0 aromatic heterocycles. The molecule has 2 rings (SSSR count). The lowest BCUT2D eigenvalue weighted by atomic mass is 10.1. The maximum atomic E-state index is 12.3. The van der Waals surface area contributed by atoms with E-state index in [0.717, 1.165) is 0 Å². The summed E-state index contributed by atoms with van der Waals surface area (Å²) < 4.78 is 36.9. The first-order chi connectivity index (χ1) is 6.45. The van der Waals surface area contributed by atoms with Crippen LogP contribution in [0, 0.1) is 0 Å². The van der Waals surface area contributed by atoms with Crippen molar-refractivity contribution in [1.29, 1.82) is 0 Å². The van der Waals surface area contributed by atoms with Crippen molar-refractivity contribution >= 4 is 0 Å². The molecule has 4 heteroatoms. The van der Waals surface area contributed by atoms with E-state index >= 15 is 0 Å². The molecule has 1 nitrogen and oxygen atoms in total. The minimum atomic E-state index is -4.52. The molecule has 1 aliphatic carbocycles. The Labute approximate surface area is 79.2 Å². The summed E-state index contributed by atoms with van der Waals surface area (Å²) in [5.74, 6) is -0.788. The lowest BCUT2D eigenvalue weighted by Crippen LogP contribution is -2.32. The molecule has 1 aliphatic rings. The Morgan fingerprint density at radius 3 is 2.21 bits per heavy atom. The van der Waals surface area contributed by atoms with Crippen LogP contribution in [-0.2, 0) is 0 Å². The van der Waals surface area contributed by atoms with Gasteiger partial charge in [0.25, 0.3) is 0 Å². The molecule has 0 heterocycles. The summed E-state index contributed by atoms with van der Waals surface area (Å²) in [6, 6.07) is 8.29. The molecule has 2 atom stereocenters. The summed E-state index contributed by atoms with van der Waals surface area (Å²) in [5, 5.41) is 9.25. The Kier molecular flexibility index (Phi) is 1.86. The number of halogens is 3. The van der Waals surface area contributed by atoms with Gasteiger partial charge in [-0.05, 0) is 12.0 Å². The van der Waals surface area contributed by atoms with Gasteiger partial charge in [-0.25, -0.2) is 0 Å². The van der Waals surface area contributed by atoms with Crippen molar-refractivity contribution < 1.29 is 18.3 Å². The predicted molar refractivity (Wildman–Crippen MR) is 44.8 cm³/mol. The Morgan fingerprint density at radius 1 is 1.21 bits per heavy atom. The van der Waals surface area contributed by atoms with Crippen molar-refractivity contribution in [2.45, 2.75) is 24.1 Å². The van der Waals surface area contributed by atoms with Crippen LogP contribution in [0.4, 0.5) is 13.2 Å². The van der Waals surface area contributed by atoms with Crippen molar-refractivity contribution in [3.05, 3.63) is 35.9 Å². The molecule has 1 N–H and O–H groups in total. The van der Waals surface area contributed by atoms with Crippen molar-refractivity contribution in [3.63, 3.8) is 0 Å². The van der Waals surface area contributed by atoms with Gasteiger partial charge in [0.05, 0.1) is 0 Å². The van der Waals surface area contributed by atoms with E-state index in [1.165, 1.54) is 0 Å². The molecule has 1 saturated carbocycles. The molecule has 0 radical (unpaired) electrons. The van der Waals surface area contributed by atoms with Gasteiger partial charge in [-0.1, -0.05) is 30.3 Å². The first kappa shape index (κ1) is 9.52. The highest BCUT2D eigenvalue weighted by molar-refractivity contribution is 5.32. The minimum absolute atomic E-state index is 0.222. The van der Waals surface area contributed by atoms with Gasteiger partial charge in [0.1, 0.15) is 0 Å². The van der Waals surface area contributed by atoms with Crippen LogP contribution in [0.3, 0.4) is 0 Å². The van der Waals surface area contributed by atoms with Crippen LogP contribution >= 0.6 is 0 Å². The molecule has 1 aromatic rings. The summed E-state index contributed by atoms with van der Waals surface area (Å²) in [4.78, 5) is 0. The summed E-state index contributed by atoms with van der Waals surface area (Å²) in [7, 11) is 0. The van der Waals surface area contributed by atoms with Crippen LogP contribution < -0.4 is 0 Å². The van der Waals surface area contributed by atoms with Gasteiger partial charge >= 0.3 is 6.18 Å². The second-order valence-corrected chi connectivity index (χ2v) is 3.59. The zero-order valence-corrected chi connectivity index (χ0v) is 7.25. The van der Waals surface area contributed by atoms with Crippen LogP contribution in [-0.4, -0.2) is 16.9 Å². The zero-order chi connectivity index (χ0) is 10.4. The third kappa shape index (κ3) is 1.30. The Morgan fingerprint density at radius 2 is 1.79 bits per heavy atom. The fraction of sp³-hybridized carbons (Fsp3) is 0.400. The molecular weight excluding hydrogens is 193 g/mol. The molecule has 0 saturated heterocycles. The molecule has 0 bridgehead atoms. The van der Waals surface area contributed by atoms with Crippen LogP contribution in [0.15, 0.2) is 30.3 Å².